The second kappa shape index (κ2) is 7.69. The van der Waals surface area contributed by atoms with Crippen LogP contribution in [0.5, 0.6) is 0 Å². The Morgan fingerprint density at radius 2 is 1.48 bits per heavy atom. The van der Waals surface area contributed by atoms with Crippen LogP contribution in [0.15, 0.2) is 83.8 Å². The van der Waals surface area contributed by atoms with Crippen molar-refractivity contribution in [2.45, 2.75) is 17.9 Å². The summed E-state index contributed by atoms with van der Waals surface area (Å²) < 4.78 is 28.7. The third-order valence-electron chi connectivity index (χ3n) is 4.26. The number of benzene rings is 3. The van der Waals surface area contributed by atoms with E-state index in [9.17, 15) is 18.5 Å². The molecule has 0 heterocycles. The second-order valence-electron chi connectivity index (χ2n) is 6.05. The molecule has 3 aromatic rings. The Labute approximate surface area is 157 Å². The lowest BCUT2D eigenvalue weighted by Crippen LogP contribution is -2.30. The zero-order valence-corrected chi connectivity index (χ0v) is 15.4. The van der Waals surface area contributed by atoms with E-state index in [2.05, 4.69) is 4.72 Å². The van der Waals surface area contributed by atoms with Gasteiger partial charge < -0.3 is 0 Å². The van der Waals surface area contributed by atoms with Crippen molar-refractivity contribution in [3.63, 3.8) is 0 Å². The molecule has 7 heteroatoms. The SMILES string of the molecule is Cc1ccccc1[C@H](NS(=O)(=O)c1ccccc1[N+](=O)[O-])c1ccccc1. The first kappa shape index (κ1) is 18.8. The van der Waals surface area contributed by atoms with Gasteiger partial charge in [-0.2, -0.15) is 4.72 Å². The van der Waals surface area contributed by atoms with E-state index in [0.29, 0.717) is 0 Å². The lowest BCUT2D eigenvalue weighted by molar-refractivity contribution is -0.387. The molecular formula is C20H18N2O4S. The van der Waals surface area contributed by atoms with Crippen molar-refractivity contribution in [3.8, 4) is 0 Å². The minimum Gasteiger partial charge on any atom is -0.258 e. The molecule has 0 aromatic heterocycles. The van der Waals surface area contributed by atoms with Gasteiger partial charge in [-0.1, -0.05) is 66.7 Å². The Morgan fingerprint density at radius 3 is 2.15 bits per heavy atom. The lowest BCUT2D eigenvalue weighted by Gasteiger charge is -2.21. The van der Waals surface area contributed by atoms with Gasteiger partial charge in [-0.15, -0.1) is 0 Å². The molecule has 0 aliphatic heterocycles. The summed E-state index contributed by atoms with van der Waals surface area (Å²) >= 11 is 0. The van der Waals surface area contributed by atoms with Crippen LogP contribution in [0.4, 0.5) is 5.69 Å². The Morgan fingerprint density at radius 1 is 0.889 bits per heavy atom. The summed E-state index contributed by atoms with van der Waals surface area (Å²) in [5.41, 5.74) is 1.98. The minimum atomic E-state index is -4.14. The Kier molecular flexibility index (Phi) is 5.34. The fourth-order valence-corrected chi connectivity index (χ4v) is 4.30. The van der Waals surface area contributed by atoms with E-state index in [1.54, 1.807) is 0 Å². The number of para-hydroxylation sites is 1. The normalized spacial score (nSPS) is 12.5. The average Bonchev–Trinajstić information content (AvgIpc) is 2.67. The zero-order valence-electron chi connectivity index (χ0n) is 14.6. The van der Waals surface area contributed by atoms with Crippen LogP contribution in [0.3, 0.4) is 0 Å². The molecule has 3 aromatic carbocycles. The first-order valence-electron chi connectivity index (χ1n) is 8.26. The summed E-state index contributed by atoms with van der Waals surface area (Å²) in [5, 5.41) is 11.3. The van der Waals surface area contributed by atoms with E-state index in [4.69, 9.17) is 0 Å². The van der Waals surface area contributed by atoms with Crippen molar-refractivity contribution in [2.24, 2.45) is 0 Å². The van der Waals surface area contributed by atoms with Gasteiger partial charge in [-0.05, 0) is 29.7 Å². The van der Waals surface area contributed by atoms with Crippen molar-refractivity contribution < 1.29 is 13.3 Å². The standard InChI is InChI=1S/C20H18N2O4S/c1-15-9-5-6-12-17(15)20(16-10-3-2-4-11-16)21-27(25,26)19-14-8-7-13-18(19)22(23)24/h2-14,20-21H,1H3/t20-/m1/s1. The highest BCUT2D eigenvalue weighted by Crippen LogP contribution is 2.29. The van der Waals surface area contributed by atoms with Crippen molar-refractivity contribution in [1.29, 1.82) is 0 Å². The number of nitrogens with zero attached hydrogens (tertiary/aromatic N) is 1. The second-order valence-corrected chi connectivity index (χ2v) is 7.73. The van der Waals surface area contributed by atoms with E-state index in [-0.39, 0.29) is 4.90 Å². The fraction of sp³-hybridized carbons (Fsp3) is 0.100. The van der Waals surface area contributed by atoms with Crippen LogP contribution in [0.1, 0.15) is 22.7 Å². The maximum Gasteiger partial charge on any atom is 0.289 e. The molecule has 138 valence electrons. The average molecular weight is 382 g/mol. The molecular weight excluding hydrogens is 364 g/mol. The number of aryl methyl sites for hydroxylation is 1. The largest absolute Gasteiger partial charge is 0.289 e. The maximum atomic E-state index is 13.0. The van der Waals surface area contributed by atoms with Gasteiger partial charge in [0.05, 0.1) is 11.0 Å². The van der Waals surface area contributed by atoms with Gasteiger partial charge in [-0.25, -0.2) is 8.42 Å². The number of hydrogen-bond donors (Lipinski definition) is 1. The smallest absolute Gasteiger partial charge is 0.258 e. The molecule has 0 spiro atoms. The zero-order chi connectivity index (χ0) is 19.4. The molecule has 0 saturated carbocycles. The molecule has 0 bridgehead atoms. The molecule has 6 nitrogen and oxygen atoms in total. The summed E-state index contributed by atoms with van der Waals surface area (Å²) in [4.78, 5) is 10.2. The Balaban J connectivity index is 2.10. The van der Waals surface area contributed by atoms with Crippen LogP contribution in [0, 0.1) is 17.0 Å². The molecule has 0 amide bonds. The summed E-state index contributed by atoms with van der Waals surface area (Å²) in [7, 11) is -4.14. The van der Waals surface area contributed by atoms with Gasteiger partial charge in [0.15, 0.2) is 4.90 Å². The van der Waals surface area contributed by atoms with Gasteiger partial charge >= 0.3 is 0 Å². The summed E-state index contributed by atoms with van der Waals surface area (Å²) in [6, 6.07) is 21.2. The van der Waals surface area contributed by atoms with Gasteiger partial charge in [0, 0.05) is 6.07 Å². The highest BCUT2D eigenvalue weighted by atomic mass is 32.2. The summed E-state index contributed by atoms with van der Waals surface area (Å²) in [6.07, 6.45) is 0. The van der Waals surface area contributed by atoms with Gasteiger partial charge in [0.1, 0.15) is 0 Å². The monoisotopic (exact) mass is 382 g/mol. The molecule has 3 rings (SSSR count). The van der Waals surface area contributed by atoms with E-state index < -0.39 is 26.7 Å². The maximum absolute atomic E-state index is 13.0. The minimum absolute atomic E-state index is 0.357. The van der Waals surface area contributed by atoms with Crippen molar-refractivity contribution in [1.82, 2.24) is 4.72 Å². The van der Waals surface area contributed by atoms with Crippen LogP contribution < -0.4 is 4.72 Å². The van der Waals surface area contributed by atoms with Crippen molar-refractivity contribution in [2.75, 3.05) is 0 Å². The van der Waals surface area contributed by atoms with Crippen molar-refractivity contribution in [3.05, 3.63) is 106 Å². The summed E-state index contributed by atoms with van der Waals surface area (Å²) in [6.45, 7) is 1.89. The predicted octanol–water partition coefficient (Wildman–Crippen LogP) is 3.97. The van der Waals surface area contributed by atoms with Crippen LogP contribution in [0.25, 0.3) is 0 Å². The highest BCUT2D eigenvalue weighted by Gasteiger charge is 2.29. The third-order valence-corrected chi connectivity index (χ3v) is 5.73. The highest BCUT2D eigenvalue weighted by molar-refractivity contribution is 7.89. The predicted molar refractivity (Wildman–Crippen MR) is 103 cm³/mol. The number of nitro benzene ring substituents is 1. The molecule has 0 saturated heterocycles. The quantitative estimate of drug-likeness (QED) is 0.516. The molecule has 1 atom stereocenters. The Hall–Kier alpha value is -3.03. The lowest BCUT2D eigenvalue weighted by atomic mass is 9.96. The van der Waals surface area contributed by atoms with E-state index in [1.807, 2.05) is 61.5 Å². The molecule has 0 unspecified atom stereocenters. The number of sulfonamides is 1. The molecule has 27 heavy (non-hydrogen) atoms. The van der Waals surface area contributed by atoms with E-state index in [1.165, 1.54) is 24.3 Å². The van der Waals surface area contributed by atoms with Crippen LogP contribution >= 0.6 is 0 Å². The van der Waals surface area contributed by atoms with Crippen molar-refractivity contribution >= 4 is 15.7 Å². The van der Waals surface area contributed by atoms with Gasteiger partial charge in [0.25, 0.3) is 5.69 Å². The topological polar surface area (TPSA) is 89.3 Å². The molecule has 0 aliphatic rings. The first-order valence-corrected chi connectivity index (χ1v) is 9.74. The molecule has 0 aliphatic carbocycles. The van der Waals surface area contributed by atoms with Crippen LogP contribution in [-0.2, 0) is 10.0 Å². The number of nitrogens with one attached hydrogen (secondary N) is 1. The van der Waals surface area contributed by atoms with Gasteiger partial charge in [-0.3, -0.25) is 10.1 Å². The fourth-order valence-electron chi connectivity index (χ4n) is 2.92. The molecule has 0 fully saturated rings. The summed E-state index contributed by atoms with van der Waals surface area (Å²) in [5.74, 6) is 0. The number of rotatable bonds is 6. The Bertz CT molecular complexity index is 1070. The molecule has 1 N–H and O–H groups in total. The molecule has 0 radical (unpaired) electrons. The van der Waals surface area contributed by atoms with E-state index in [0.717, 1.165) is 16.7 Å². The number of nitro groups is 1. The first-order chi connectivity index (χ1) is 12.9. The third kappa shape index (κ3) is 4.05. The van der Waals surface area contributed by atoms with Crippen LogP contribution in [-0.4, -0.2) is 13.3 Å². The number of hydrogen-bond acceptors (Lipinski definition) is 4. The van der Waals surface area contributed by atoms with E-state index >= 15 is 0 Å². The van der Waals surface area contributed by atoms with Crippen LogP contribution in [0.2, 0.25) is 0 Å². The van der Waals surface area contributed by atoms with Gasteiger partial charge in [0.2, 0.25) is 10.0 Å².